The first-order valence-corrected chi connectivity index (χ1v) is 7.43. The molecule has 0 aromatic rings. The third kappa shape index (κ3) is 3.11. The molecule has 2 atom stereocenters. The van der Waals surface area contributed by atoms with Gasteiger partial charge in [-0.2, -0.15) is 0 Å². The molecule has 0 spiro atoms. The molecule has 6 heteroatoms. The van der Waals surface area contributed by atoms with Crippen molar-refractivity contribution >= 4 is 27.9 Å². The van der Waals surface area contributed by atoms with E-state index in [0.29, 0.717) is 19.6 Å². The maximum atomic E-state index is 12.5. The quantitative estimate of drug-likeness (QED) is 0.844. The van der Waals surface area contributed by atoms with Gasteiger partial charge in [0.05, 0.1) is 5.92 Å². The molecule has 0 aromatic heterocycles. The van der Waals surface area contributed by atoms with Gasteiger partial charge in [-0.05, 0) is 30.7 Å². The van der Waals surface area contributed by atoms with E-state index < -0.39 is 11.9 Å². The first-order chi connectivity index (χ1) is 9.00. The molecule has 0 bridgehead atoms. The minimum Gasteiger partial charge on any atom is -0.481 e. The van der Waals surface area contributed by atoms with Crippen LogP contribution in [0, 0.1) is 5.92 Å². The van der Waals surface area contributed by atoms with Crippen LogP contribution >= 0.6 is 15.9 Å². The van der Waals surface area contributed by atoms with Crippen molar-refractivity contribution in [1.29, 1.82) is 0 Å². The van der Waals surface area contributed by atoms with Crippen molar-refractivity contribution in [1.82, 2.24) is 9.80 Å². The van der Waals surface area contributed by atoms with Crippen LogP contribution in [0.4, 0.5) is 4.79 Å². The molecular formula is C13H19BrN2O3. The second-order valence-corrected chi connectivity index (χ2v) is 6.18. The molecule has 0 aromatic carbocycles. The van der Waals surface area contributed by atoms with Gasteiger partial charge in [-0.3, -0.25) is 4.79 Å². The van der Waals surface area contributed by atoms with E-state index >= 15 is 0 Å². The topological polar surface area (TPSA) is 60.9 Å². The Hall–Kier alpha value is -1.04. The van der Waals surface area contributed by atoms with Crippen LogP contribution in [-0.2, 0) is 4.79 Å². The molecule has 2 rings (SSSR count). The molecule has 1 fully saturated rings. The maximum absolute atomic E-state index is 12.5. The van der Waals surface area contributed by atoms with Crippen molar-refractivity contribution in [2.24, 2.45) is 5.92 Å². The van der Waals surface area contributed by atoms with Gasteiger partial charge in [0.2, 0.25) is 0 Å². The number of hydrogen-bond donors (Lipinski definition) is 1. The number of aliphatic carboxylic acids is 1. The number of likely N-dealkylation sites (tertiary alicyclic amines) is 1. The smallest absolute Gasteiger partial charge is 0.320 e. The summed E-state index contributed by atoms with van der Waals surface area (Å²) in [6.07, 6.45) is 4.50. The lowest BCUT2D eigenvalue weighted by Crippen LogP contribution is -2.49. The Labute approximate surface area is 121 Å². The van der Waals surface area contributed by atoms with E-state index in [9.17, 15) is 9.59 Å². The molecule has 2 aliphatic heterocycles. The fourth-order valence-corrected chi connectivity index (χ4v) is 3.04. The first-order valence-electron chi connectivity index (χ1n) is 6.63. The van der Waals surface area contributed by atoms with E-state index in [-0.39, 0.29) is 12.1 Å². The summed E-state index contributed by atoms with van der Waals surface area (Å²) < 4.78 is 1.13. The summed E-state index contributed by atoms with van der Waals surface area (Å²) >= 11 is 3.43. The monoisotopic (exact) mass is 330 g/mol. The number of carboxylic acid groups (broad SMARTS) is 1. The van der Waals surface area contributed by atoms with Gasteiger partial charge in [0.1, 0.15) is 0 Å². The number of halogens is 1. The molecule has 2 heterocycles. The minimum atomic E-state index is -0.828. The summed E-state index contributed by atoms with van der Waals surface area (Å²) in [5.74, 6) is -1.33. The Morgan fingerprint density at radius 1 is 1.47 bits per heavy atom. The average molecular weight is 331 g/mol. The predicted molar refractivity (Wildman–Crippen MR) is 75.1 cm³/mol. The van der Waals surface area contributed by atoms with E-state index in [0.717, 1.165) is 23.7 Å². The number of carbonyl (C=O) groups is 2. The van der Waals surface area contributed by atoms with Crippen LogP contribution in [0.25, 0.3) is 0 Å². The van der Waals surface area contributed by atoms with Gasteiger partial charge in [-0.15, -0.1) is 0 Å². The number of urea groups is 1. The summed E-state index contributed by atoms with van der Waals surface area (Å²) in [6, 6.07) is -0.189. The van der Waals surface area contributed by atoms with Crippen LogP contribution in [0.15, 0.2) is 10.6 Å². The molecule has 0 radical (unpaired) electrons. The largest absolute Gasteiger partial charge is 0.481 e. The molecule has 1 saturated heterocycles. The van der Waals surface area contributed by atoms with E-state index in [1.807, 2.05) is 6.08 Å². The Morgan fingerprint density at radius 2 is 2.21 bits per heavy atom. The standard InChI is InChI=1S/C13H19BrN2O3/c1-9(12(17)18)11-3-2-6-16(11)13(19)15-7-4-10(14)5-8-15/h4,9,11H,2-3,5-8H2,1H3,(H,17,18). The molecule has 0 aliphatic carbocycles. The van der Waals surface area contributed by atoms with Crippen molar-refractivity contribution in [3.63, 3.8) is 0 Å². The Bertz CT molecular complexity index is 411. The van der Waals surface area contributed by atoms with Gasteiger partial charge in [-0.1, -0.05) is 22.0 Å². The van der Waals surface area contributed by atoms with Gasteiger partial charge >= 0.3 is 12.0 Å². The zero-order valence-corrected chi connectivity index (χ0v) is 12.6. The van der Waals surface area contributed by atoms with E-state index in [1.54, 1.807) is 16.7 Å². The van der Waals surface area contributed by atoms with Gasteiger partial charge in [-0.25, -0.2) is 4.79 Å². The number of carboxylic acids is 1. The lowest BCUT2D eigenvalue weighted by atomic mass is 10.00. The van der Waals surface area contributed by atoms with Crippen LogP contribution < -0.4 is 0 Å². The Balaban J connectivity index is 2.04. The summed E-state index contributed by atoms with van der Waals surface area (Å²) in [7, 11) is 0. The van der Waals surface area contributed by atoms with Gasteiger partial charge in [0.15, 0.2) is 0 Å². The third-order valence-electron chi connectivity index (χ3n) is 3.94. The molecule has 1 N–H and O–H groups in total. The van der Waals surface area contributed by atoms with Gasteiger partial charge < -0.3 is 14.9 Å². The van der Waals surface area contributed by atoms with Crippen molar-refractivity contribution in [3.05, 3.63) is 10.6 Å². The highest BCUT2D eigenvalue weighted by Gasteiger charge is 2.37. The Morgan fingerprint density at radius 3 is 2.79 bits per heavy atom. The van der Waals surface area contributed by atoms with Gasteiger partial charge in [0, 0.05) is 25.7 Å². The Kier molecular flexibility index (Phi) is 4.50. The van der Waals surface area contributed by atoms with Crippen LogP contribution in [0.2, 0.25) is 0 Å². The number of rotatable bonds is 2. The van der Waals surface area contributed by atoms with Crippen LogP contribution in [0.3, 0.4) is 0 Å². The lowest BCUT2D eigenvalue weighted by Gasteiger charge is -2.34. The zero-order chi connectivity index (χ0) is 14.0. The highest BCUT2D eigenvalue weighted by molar-refractivity contribution is 9.11. The average Bonchev–Trinajstić information content (AvgIpc) is 2.86. The zero-order valence-electron chi connectivity index (χ0n) is 11.0. The third-order valence-corrected chi connectivity index (χ3v) is 4.66. The van der Waals surface area contributed by atoms with Crippen molar-refractivity contribution in [3.8, 4) is 0 Å². The highest BCUT2D eigenvalue weighted by Crippen LogP contribution is 2.26. The molecule has 2 amide bonds. The minimum absolute atomic E-state index is 0.0214. The molecule has 19 heavy (non-hydrogen) atoms. The van der Waals surface area contributed by atoms with Crippen LogP contribution in [0.5, 0.6) is 0 Å². The fraction of sp³-hybridized carbons (Fsp3) is 0.692. The molecule has 2 aliphatic rings. The summed E-state index contributed by atoms with van der Waals surface area (Å²) in [5, 5.41) is 9.12. The van der Waals surface area contributed by atoms with Crippen LogP contribution in [0.1, 0.15) is 26.2 Å². The number of amides is 2. The van der Waals surface area contributed by atoms with Crippen molar-refractivity contribution in [2.45, 2.75) is 32.2 Å². The van der Waals surface area contributed by atoms with Crippen molar-refractivity contribution < 1.29 is 14.7 Å². The number of carbonyl (C=O) groups excluding carboxylic acids is 1. The number of nitrogens with zero attached hydrogens (tertiary/aromatic N) is 2. The second-order valence-electron chi connectivity index (χ2n) is 5.16. The molecular weight excluding hydrogens is 312 g/mol. The predicted octanol–water partition coefficient (Wildman–Crippen LogP) is 2.28. The van der Waals surface area contributed by atoms with Gasteiger partial charge in [0.25, 0.3) is 0 Å². The number of hydrogen-bond acceptors (Lipinski definition) is 2. The lowest BCUT2D eigenvalue weighted by molar-refractivity contribution is -0.142. The molecule has 0 saturated carbocycles. The molecule has 106 valence electrons. The molecule has 5 nitrogen and oxygen atoms in total. The summed E-state index contributed by atoms with van der Waals surface area (Å²) in [6.45, 7) is 3.65. The SMILES string of the molecule is CC(C(=O)O)C1CCCN1C(=O)N1CC=C(Br)CC1. The maximum Gasteiger partial charge on any atom is 0.320 e. The van der Waals surface area contributed by atoms with E-state index in [4.69, 9.17) is 5.11 Å². The highest BCUT2D eigenvalue weighted by atomic mass is 79.9. The van der Waals surface area contributed by atoms with Crippen LogP contribution in [-0.4, -0.2) is 52.6 Å². The second kappa shape index (κ2) is 5.94. The summed E-state index contributed by atoms with van der Waals surface area (Å²) in [5.41, 5.74) is 0. The van der Waals surface area contributed by atoms with E-state index in [1.165, 1.54) is 0 Å². The fourth-order valence-electron chi connectivity index (χ4n) is 2.71. The first kappa shape index (κ1) is 14.4. The summed E-state index contributed by atoms with van der Waals surface area (Å²) in [4.78, 5) is 27.1. The molecule has 2 unspecified atom stereocenters. The van der Waals surface area contributed by atoms with Crippen molar-refractivity contribution in [2.75, 3.05) is 19.6 Å². The van der Waals surface area contributed by atoms with E-state index in [2.05, 4.69) is 15.9 Å². The normalized spacial score (nSPS) is 25.2.